The molecule has 70 valence electrons. The maximum atomic E-state index is 12.9. The molecule has 0 unspecified atom stereocenters. The van der Waals surface area contributed by atoms with Gasteiger partial charge in [0.15, 0.2) is 0 Å². The van der Waals surface area contributed by atoms with Crippen molar-refractivity contribution >= 4 is 6.16 Å². The van der Waals surface area contributed by atoms with E-state index < -0.39 is 12.0 Å². The molecule has 1 aromatic carbocycles. The van der Waals surface area contributed by atoms with Crippen molar-refractivity contribution in [3.8, 4) is 5.75 Å². The van der Waals surface area contributed by atoms with Gasteiger partial charge in [-0.15, -0.1) is 0 Å². The van der Waals surface area contributed by atoms with E-state index in [1.807, 2.05) is 0 Å². The summed E-state index contributed by atoms with van der Waals surface area (Å²) in [6.07, 6.45) is -0.858. The van der Waals surface area contributed by atoms with Crippen LogP contribution in [0.2, 0.25) is 0 Å². The van der Waals surface area contributed by atoms with E-state index in [1.165, 1.54) is 19.2 Å². The Balaban J connectivity index is 2.79. The van der Waals surface area contributed by atoms with Crippen LogP contribution in [-0.2, 0) is 4.74 Å². The van der Waals surface area contributed by atoms with E-state index >= 15 is 0 Å². The van der Waals surface area contributed by atoms with Crippen LogP contribution in [0.5, 0.6) is 5.75 Å². The number of ether oxygens (including phenoxy) is 2. The highest BCUT2D eigenvalue weighted by Gasteiger charge is 2.05. The van der Waals surface area contributed by atoms with Gasteiger partial charge in [0.2, 0.25) is 0 Å². The minimum atomic E-state index is -0.858. The zero-order chi connectivity index (χ0) is 9.84. The summed E-state index contributed by atoms with van der Waals surface area (Å²) >= 11 is 0. The molecule has 0 saturated carbocycles. The zero-order valence-electron chi connectivity index (χ0n) is 7.33. The molecule has 0 amide bonds. The first-order chi connectivity index (χ1) is 6.13. The third-order valence-corrected chi connectivity index (χ3v) is 1.51. The fourth-order valence-electron chi connectivity index (χ4n) is 0.775. The monoisotopic (exact) mass is 184 g/mol. The molecular weight excluding hydrogens is 175 g/mol. The zero-order valence-corrected chi connectivity index (χ0v) is 7.33. The first-order valence-electron chi connectivity index (χ1n) is 3.65. The Hall–Kier alpha value is -1.58. The summed E-state index contributed by atoms with van der Waals surface area (Å²) in [4.78, 5) is 10.6. The molecule has 4 heteroatoms. The summed E-state index contributed by atoms with van der Waals surface area (Å²) in [5.74, 6) is -0.281. The van der Waals surface area contributed by atoms with Crippen molar-refractivity contribution in [1.29, 1.82) is 0 Å². The van der Waals surface area contributed by atoms with Gasteiger partial charge in [0, 0.05) is 6.07 Å². The van der Waals surface area contributed by atoms with Gasteiger partial charge >= 0.3 is 6.16 Å². The minimum absolute atomic E-state index is 0.134. The average molecular weight is 184 g/mol. The molecule has 0 aliphatic heterocycles. The van der Waals surface area contributed by atoms with Crippen LogP contribution in [0.1, 0.15) is 5.56 Å². The largest absolute Gasteiger partial charge is 0.513 e. The molecular formula is C9H9FO3. The third-order valence-electron chi connectivity index (χ3n) is 1.51. The quantitative estimate of drug-likeness (QED) is 0.496. The van der Waals surface area contributed by atoms with Crippen molar-refractivity contribution in [3.63, 3.8) is 0 Å². The molecule has 13 heavy (non-hydrogen) atoms. The Kier molecular flexibility index (Phi) is 2.84. The molecule has 0 N–H and O–H groups in total. The van der Waals surface area contributed by atoms with E-state index in [0.717, 1.165) is 6.07 Å². The number of carbonyl (C=O) groups excluding carboxylic acids is 1. The van der Waals surface area contributed by atoms with Gasteiger partial charge in [0.25, 0.3) is 0 Å². The highest BCUT2D eigenvalue weighted by atomic mass is 19.1. The number of methoxy groups -OCH3 is 1. The summed E-state index contributed by atoms with van der Waals surface area (Å²) in [6, 6.07) is 4.15. The molecule has 0 radical (unpaired) electrons. The standard InChI is InChI=1S/C9H9FO3/c1-6-3-4-7(5-8(6)10)13-9(11)12-2/h3-5H,1-2H3. The number of carbonyl (C=O) groups is 1. The Morgan fingerprint density at radius 1 is 1.46 bits per heavy atom. The van der Waals surface area contributed by atoms with Gasteiger partial charge in [-0.25, -0.2) is 9.18 Å². The molecule has 0 fully saturated rings. The van der Waals surface area contributed by atoms with E-state index in [2.05, 4.69) is 9.47 Å². The topological polar surface area (TPSA) is 35.5 Å². The predicted octanol–water partition coefficient (Wildman–Crippen LogP) is 2.28. The highest BCUT2D eigenvalue weighted by Crippen LogP contribution is 2.15. The van der Waals surface area contributed by atoms with Crippen LogP contribution in [0.4, 0.5) is 9.18 Å². The van der Waals surface area contributed by atoms with Gasteiger partial charge < -0.3 is 9.47 Å². The first-order valence-corrected chi connectivity index (χ1v) is 3.65. The summed E-state index contributed by atoms with van der Waals surface area (Å²) in [7, 11) is 1.19. The van der Waals surface area contributed by atoms with Crippen LogP contribution in [0, 0.1) is 12.7 Å². The maximum Gasteiger partial charge on any atom is 0.513 e. The molecule has 0 aliphatic rings. The smallest absolute Gasteiger partial charge is 0.437 e. The van der Waals surface area contributed by atoms with Crippen LogP contribution in [0.3, 0.4) is 0 Å². The number of rotatable bonds is 1. The van der Waals surface area contributed by atoms with Crippen molar-refractivity contribution in [2.45, 2.75) is 6.92 Å². The second kappa shape index (κ2) is 3.89. The lowest BCUT2D eigenvalue weighted by Crippen LogP contribution is -2.07. The third kappa shape index (κ3) is 2.43. The van der Waals surface area contributed by atoms with Gasteiger partial charge in [-0.3, -0.25) is 0 Å². The number of benzene rings is 1. The second-order valence-corrected chi connectivity index (χ2v) is 2.47. The molecule has 1 rings (SSSR count). The molecule has 1 aromatic rings. The van der Waals surface area contributed by atoms with Gasteiger partial charge in [-0.1, -0.05) is 6.07 Å². The van der Waals surface area contributed by atoms with Crippen LogP contribution >= 0.6 is 0 Å². The lowest BCUT2D eigenvalue weighted by atomic mass is 10.2. The summed E-state index contributed by atoms with van der Waals surface area (Å²) in [5, 5.41) is 0. The normalized spacial score (nSPS) is 9.46. The Morgan fingerprint density at radius 3 is 2.69 bits per heavy atom. The van der Waals surface area contributed by atoms with E-state index in [0.29, 0.717) is 5.56 Å². The minimum Gasteiger partial charge on any atom is -0.437 e. The van der Waals surface area contributed by atoms with Gasteiger partial charge in [-0.05, 0) is 18.6 Å². The summed E-state index contributed by atoms with van der Waals surface area (Å²) in [6.45, 7) is 1.62. The lowest BCUT2D eigenvalue weighted by molar-refractivity contribution is 0.121. The lowest BCUT2D eigenvalue weighted by Gasteiger charge is -2.02. The fraction of sp³-hybridized carbons (Fsp3) is 0.222. The Labute approximate surface area is 75.1 Å². The first kappa shape index (κ1) is 9.51. The fourth-order valence-corrected chi connectivity index (χ4v) is 0.775. The van der Waals surface area contributed by atoms with Crippen molar-refractivity contribution in [3.05, 3.63) is 29.6 Å². The SMILES string of the molecule is COC(=O)Oc1ccc(C)c(F)c1. The number of aryl methyl sites for hydroxylation is 1. The van der Waals surface area contributed by atoms with Gasteiger partial charge in [-0.2, -0.15) is 0 Å². The molecule has 0 spiro atoms. The molecule has 0 aromatic heterocycles. The number of halogens is 1. The Bertz CT molecular complexity index is 323. The molecule has 0 atom stereocenters. The van der Waals surface area contributed by atoms with Gasteiger partial charge in [0.05, 0.1) is 7.11 Å². The van der Waals surface area contributed by atoms with Crippen molar-refractivity contribution < 1.29 is 18.7 Å². The highest BCUT2D eigenvalue weighted by molar-refractivity contribution is 5.63. The maximum absolute atomic E-state index is 12.9. The van der Waals surface area contributed by atoms with Crippen molar-refractivity contribution in [2.75, 3.05) is 7.11 Å². The molecule has 0 saturated heterocycles. The van der Waals surface area contributed by atoms with E-state index in [1.54, 1.807) is 6.92 Å². The molecule has 3 nitrogen and oxygen atoms in total. The molecule has 0 aliphatic carbocycles. The van der Waals surface area contributed by atoms with Crippen molar-refractivity contribution in [1.82, 2.24) is 0 Å². The average Bonchev–Trinajstić information content (AvgIpc) is 2.11. The van der Waals surface area contributed by atoms with Crippen molar-refractivity contribution in [2.24, 2.45) is 0 Å². The van der Waals surface area contributed by atoms with Crippen LogP contribution in [-0.4, -0.2) is 13.3 Å². The summed E-state index contributed by atoms with van der Waals surface area (Å²) < 4.78 is 21.7. The number of hydrogen-bond donors (Lipinski definition) is 0. The Morgan fingerprint density at radius 2 is 2.15 bits per heavy atom. The van der Waals surface area contributed by atoms with E-state index in [-0.39, 0.29) is 5.75 Å². The second-order valence-electron chi connectivity index (χ2n) is 2.47. The van der Waals surface area contributed by atoms with E-state index in [4.69, 9.17) is 0 Å². The van der Waals surface area contributed by atoms with Crippen LogP contribution in [0.15, 0.2) is 18.2 Å². The van der Waals surface area contributed by atoms with Gasteiger partial charge in [0.1, 0.15) is 11.6 Å². The molecule has 0 bridgehead atoms. The number of hydrogen-bond acceptors (Lipinski definition) is 3. The van der Waals surface area contributed by atoms with Crippen LogP contribution in [0.25, 0.3) is 0 Å². The van der Waals surface area contributed by atoms with Crippen LogP contribution < -0.4 is 4.74 Å². The van der Waals surface area contributed by atoms with E-state index in [9.17, 15) is 9.18 Å². The predicted molar refractivity (Wildman–Crippen MR) is 44.2 cm³/mol. The molecule has 0 heterocycles. The summed E-state index contributed by atoms with van der Waals surface area (Å²) in [5.41, 5.74) is 0.497.